The van der Waals surface area contributed by atoms with Gasteiger partial charge in [0.1, 0.15) is 5.82 Å². The molecule has 5 heteroatoms. The standard InChI is InChI=1S/C14H21N3O2/c1-14(2,3)16-12-5-4-10-6-8-17(13(18)19)9-7-11(10)15-12/h4-5H,6-9H2,1-3H3,(H,15,16)(H,18,19). The monoisotopic (exact) mass is 263 g/mol. The van der Waals surface area contributed by atoms with Gasteiger partial charge in [-0.3, -0.25) is 0 Å². The lowest BCUT2D eigenvalue weighted by Crippen LogP contribution is -2.31. The molecular weight excluding hydrogens is 242 g/mol. The van der Waals surface area contributed by atoms with Gasteiger partial charge in [0, 0.05) is 30.7 Å². The second-order valence-electron chi connectivity index (χ2n) is 5.95. The van der Waals surface area contributed by atoms with Gasteiger partial charge in [0.05, 0.1) is 0 Å². The van der Waals surface area contributed by atoms with E-state index in [9.17, 15) is 4.79 Å². The smallest absolute Gasteiger partial charge is 0.407 e. The van der Waals surface area contributed by atoms with Gasteiger partial charge in [0.25, 0.3) is 0 Å². The number of anilines is 1. The van der Waals surface area contributed by atoms with Crippen molar-refractivity contribution in [3.8, 4) is 0 Å². The molecule has 1 aliphatic rings. The number of hydrogen-bond donors (Lipinski definition) is 2. The Labute approximate surface area is 113 Å². The first kappa shape index (κ1) is 13.6. The van der Waals surface area contributed by atoms with E-state index in [4.69, 9.17) is 5.11 Å². The fraction of sp³-hybridized carbons (Fsp3) is 0.571. The zero-order chi connectivity index (χ0) is 14.0. The average molecular weight is 263 g/mol. The van der Waals surface area contributed by atoms with Crippen molar-refractivity contribution in [1.29, 1.82) is 0 Å². The normalized spacial score (nSPS) is 15.6. The Morgan fingerprint density at radius 3 is 2.63 bits per heavy atom. The first-order valence-corrected chi connectivity index (χ1v) is 6.60. The minimum atomic E-state index is -0.846. The maximum absolute atomic E-state index is 11.0. The lowest BCUT2D eigenvalue weighted by atomic mass is 10.1. The molecule has 1 aromatic heterocycles. The summed E-state index contributed by atoms with van der Waals surface area (Å²) in [5.74, 6) is 0.857. The van der Waals surface area contributed by atoms with Crippen LogP contribution in [0.5, 0.6) is 0 Å². The molecule has 2 N–H and O–H groups in total. The number of nitrogens with one attached hydrogen (secondary N) is 1. The second kappa shape index (κ2) is 5.07. The quantitative estimate of drug-likeness (QED) is 0.816. The average Bonchev–Trinajstić information content (AvgIpc) is 2.48. The molecule has 0 radical (unpaired) electrons. The van der Waals surface area contributed by atoms with Gasteiger partial charge >= 0.3 is 6.09 Å². The number of carbonyl (C=O) groups is 1. The minimum Gasteiger partial charge on any atom is -0.465 e. The molecule has 1 amide bonds. The van der Waals surface area contributed by atoms with E-state index in [2.05, 4.69) is 37.1 Å². The summed E-state index contributed by atoms with van der Waals surface area (Å²) in [6.45, 7) is 7.34. The third kappa shape index (κ3) is 3.59. The third-order valence-corrected chi connectivity index (χ3v) is 3.11. The third-order valence-electron chi connectivity index (χ3n) is 3.11. The maximum Gasteiger partial charge on any atom is 0.407 e. The van der Waals surface area contributed by atoms with Crippen molar-refractivity contribution in [3.63, 3.8) is 0 Å². The SMILES string of the molecule is CC(C)(C)Nc1ccc2c(n1)CCN(C(=O)O)CC2. The summed E-state index contributed by atoms with van der Waals surface area (Å²) in [7, 11) is 0. The van der Waals surface area contributed by atoms with Gasteiger partial charge in [-0.15, -0.1) is 0 Å². The summed E-state index contributed by atoms with van der Waals surface area (Å²) in [6.07, 6.45) is 0.576. The van der Waals surface area contributed by atoms with E-state index < -0.39 is 6.09 Å². The molecule has 1 aliphatic heterocycles. The Kier molecular flexibility index (Phi) is 3.64. The number of rotatable bonds is 1. The Morgan fingerprint density at radius 2 is 2.00 bits per heavy atom. The predicted molar refractivity (Wildman–Crippen MR) is 74.6 cm³/mol. The lowest BCUT2D eigenvalue weighted by molar-refractivity contribution is 0.147. The van der Waals surface area contributed by atoms with E-state index in [0.29, 0.717) is 19.5 Å². The molecule has 0 aromatic carbocycles. The molecule has 2 heterocycles. The summed E-state index contributed by atoms with van der Waals surface area (Å²) in [5, 5.41) is 12.4. The van der Waals surface area contributed by atoms with E-state index in [1.54, 1.807) is 0 Å². The molecule has 104 valence electrons. The molecule has 5 nitrogen and oxygen atoms in total. The Hall–Kier alpha value is -1.78. The first-order valence-electron chi connectivity index (χ1n) is 6.60. The van der Waals surface area contributed by atoms with E-state index in [1.165, 1.54) is 4.90 Å². The summed E-state index contributed by atoms with van der Waals surface area (Å²) in [4.78, 5) is 17.1. The molecular formula is C14H21N3O2. The second-order valence-corrected chi connectivity index (χ2v) is 5.95. The number of pyridine rings is 1. The molecule has 0 unspecified atom stereocenters. The van der Waals surface area contributed by atoms with Crippen LogP contribution < -0.4 is 5.32 Å². The highest BCUT2D eigenvalue weighted by molar-refractivity contribution is 5.65. The lowest BCUT2D eigenvalue weighted by Gasteiger charge is -2.22. The van der Waals surface area contributed by atoms with Crippen LogP contribution in [0.4, 0.5) is 10.6 Å². The van der Waals surface area contributed by atoms with Crippen LogP contribution in [0.3, 0.4) is 0 Å². The summed E-state index contributed by atoms with van der Waals surface area (Å²) >= 11 is 0. The minimum absolute atomic E-state index is 0.0287. The van der Waals surface area contributed by atoms with Crippen molar-refractivity contribution < 1.29 is 9.90 Å². The summed E-state index contributed by atoms with van der Waals surface area (Å²) in [5.41, 5.74) is 2.14. The largest absolute Gasteiger partial charge is 0.465 e. The summed E-state index contributed by atoms with van der Waals surface area (Å²) in [6, 6.07) is 4.03. The molecule has 0 atom stereocenters. The van der Waals surface area contributed by atoms with Gasteiger partial charge in [0.2, 0.25) is 0 Å². The highest BCUT2D eigenvalue weighted by Crippen LogP contribution is 2.19. The number of carboxylic acid groups (broad SMARTS) is 1. The van der Waals surface area contributed by atoms with Gasteiger partial charge in [0.15, 0.2) is 0 Å². The molecule has 0 saturated carbocycles. The molecule has 0 spiro atoms. The number of nitrogens with zero attached hydrogens (tertiary/aromatic N) is 2. The topological polar surface area (TPSA) is 65.5 Å². The fourth-order valence-corrected chi connectivity index (χ4v) is 2.23. The van der Waals surface area contributed by atoms with Crippen molar-refractivity contribution in [2.24, 2.45) is 0 Å². The fourth-order valence-electron chi connectivity index (χ4n) is 2.23. The van der Waals surface area contributed by atoms with Crippen molar-refractivity contribution in [2.45, 2.75) is 39.2 Å². The maximum atomic E-state index is 11.0. The highest BCUT2D eigenvalue weighted by Gasteiger charge is 2.19. The zero-order valence-electron chi connectivity index (χ0n) is 11.7. The van der Waals surface area contributed by atoms with Crippen LogP contribution in [0, 0.1) is 0 Å². The molecule has 0 saturated heterocycles. The van der Waals surface area contributed by atoms with Gasteiger partial charge in [-0.05, 0) is 38.8 Å². The Morgan fingerprint density at radius 1 is 1.32 bits per heavy atom. The molecule has 1 aromatic rings. The van der Waals surface area contributed by atoms with Crippen LogP contribution in [-0.2, 0) is 12.8 Å². The molecule has 19 heavy (non-hydrogen) atoms. The van der Waals surface area contributed by atoms with Crippen molar-refractivity contribution >= 4 is 11.9 Å². The van der Waals surface area contributed by atoms with Crippen LogP contribution in [0.2, 0.25) is 0 Å². The molecule has 0 fully saturated rings. The van der Waals surface area contributed by atoms with E-state index in [-0.39, 0.29) is 5.54 Å². The van der Waals surface area contributed by atoms with Gasteiger partial charge in [-0.2, -0.15) is 0 Å². The molecule has 0 bridgehead atoms. The van der Waals surface area contributed by atoms with Crippen LogP contribution >= 0.6 is 0 Å². The van der Waals surface area contributed by atoms with Crippen molar-refractivity contribution in [2.75, 3.05) is 18.4 Å². The summed E-state index contributed by atoms with van der Waals surface area (Å²) < 4.78 is 0. The number of fused-ring (bicyclic) bond motifs is 1. The highest BCUT2D eigenvalue weighted by atomic mass is 16.4. The van der Waals surface area contributed by atoms with Crippen LogP contribution in [0.15, 0.2) is 12.1 Å². The Bertz CT molecular complexity index is 480. The van der Waals surface area contributed by atoms with E-state index >= 15 is 0 Å². The van der Waals surface area contributed by atoms with Crippen molar-refractivity contribution in [1.82, 2.24) is 9.88 Å². The van der Waals surface area contributed by atoms with Gasteiger partial charge < -0.3 is 15.3 Å². The molecule has 0 aliphatic carbocycles. The van der Waals surface area contributed by atoms with Crippen LogP contribution in [0.1, 0.15) is 32.0 Å². The molecule has 2 rings (SSSR count). The van der Waals surface area contributed by atoms with Gasteiger partial charge in [-0.25, -0.2) is 9.78 Å². The van der Waals surface area contributed by atoms with Crippen LogP contribution in [-0.4, -0.2) is 39.7 Å². The Balaban J connectivity index is 2.16. The number of amides is 1. The number of hydrogen-bond acceptors (Lipinski definition) is 3. The van der Waals surface area contributed by atoms with E-state index in [0.717, 1.165) is 23.5 Å². The number of aromatic nitrogens is 1. The van der Waals surface area contributed by atoms with Crippen molar-refractivity contribution in [3.05, 3.63) is 23.4 Å². The first-order chi connectivity index (χ1) is 8.85. The van der Waals surface area contributed by atoms with Crippen LogP contribution in [0.25, 0.3) is 0 Å². The van der Waals surface area contributed by atoms with E-state index in [1.807, 2.05) is 6.07 Å². The zero-order valence-corrected chi connectivity index (χ0v) is 11.7. The predicted octanol–water partition coefficient (Wildman–Crippen LogP) is 2.37. The van der Waals surface area contributed by atoms with Gasteiger partial charge in [-0.1, -0.05) is 6.07 Å².